The number of rotatable bonds is 5. The summed E-state index contributed by atoms with van der Waals surface area (Å²) in [5, 5.41) is 2.92. The second-order valence-electron chi connectivity index (χ2n) is 6.43. The lowest BCUT2D eigenvalue weighted by atomic mass is 10.2. The van der Waals surface area contributed by atoms with Gasteiger partial charge in [-0.1, -0.05) is 12.1 Å². The molecule has 1 amide bonds. The van der Waals surface area contributed by atoms with E-state index in [0.29, 0.717) is 0 Å². The molecule has 0 spiro atoms. The zero-order valence-electron chi connectivity index (χ0n) is 15.3. The largest absolute Gasteiger partial charge is 0.369 e. The molecule has 2 aromatic rings. The van der Waals surface area contributed by atoms with Gasteiger partial charge in [0.05, 0.1) is 0 Å². The first kappa shape index (κ1) is 18.5. The van der Waals surface area contributed by atoms with Gasteiger partial charge < -0.3 is 15.1 Å². The van der Waals surface area contributed by atoms with Gasteiger partial charge in [0.15, 0.2) is 0 Å². The Balaban J connectivity index is 1.54. The molecule has 136 valence electrons. The number of amides is 1. The molecule has 5 heteroatoms. The number of piperazine rings is 1. The van der Waals surface area contributed by atoms with Crippen LogP contribution in [-0.4, -0.2) is 50.3 Å². The molecule has 0 saturated carbocycles. The third kappa shape index (κ3) is 5.13. The topological polar surface area (TPSA) is 35.6 Å². The predicted molar refractivity (Wildman–Crippen MR) is 112 cm³/mol. The summed E-state index contributed by atoms with van der Waals surface area (Å²) in [5.74, 6) is -0.119. The number of benzene rings is 2. The molecule has 1 saturated heterocycles. The van der Waals surface area contributed by atoms with Gasteiger partial charge in [-0.2, -0.15) is 0 Å². The Kier molecular flexibility index (Phi) is 6.36. The molecule has 0 radical (unpaired) electrons. The van der Waals surface area contributed by atoms with Gasteiger partial charge in [0.2, 0.25) is 5.91 Å². The van der Waals surface area contributed by atoms with Crippen LogP contribution in [0.1, 0.15) is 5.56 Å². The van der Waals surface area contributed by atoms with Gasteiger partial charge in [-0.25, -0.2) is 0 Å². The van der Waals surface area contributed by atoms with Crippen molar-refractivity contribution in [3.63, 3.8) is 0 Å². The van der Waals surface area contributed by atoms with Crippen molar-refractivity contribution < 1.29 is 4.79 Å². The van der Waals surface area contributed by atoms with Crippen LogP contribution in [0, 0.1) is 0 Å². The van der Waals surface area contributed by atoms with E-state index in [0.717, 1.165) is 37.4 Å². The summed E-state index contributed by atoms with van der Waals surface area (Å²) in [6, 6.07) is 16.2. The van der Waals surface area contributed by atoms with Crippen molar-refractivity contribution in [2.24, 2.45) is 0 Å². The molecule has 3 rings (SSSR count). The SMILES string of the molecule is CSc1ccc(C=CC(=O)Nc2ccc(N3CCN(C)CC3)cc2)cc1. The van der Waals surface area contributed by atoms with Gasteiger partial charge in [0.1, 0.15) is 0 Å². The molecule has 0 atom stereocenters. The number of carbonyl (C=O) groups excluding carboxylic acids is 1. The van der Waals surface area contributed by atoms with E-state index in [2.05, 4.69) is 46.4 Å². The van der Waals surface area contributed by atoms with Crippen molar-refractivity contribution in [2.45, 2.75) is 4.90 Å². The van der Waals surface area contributed by atoms with Crippen molar-refractivity contribution in [1.29, 1.82) is 0 Å². The zero-order valence-corrected chi connectivity index (χ0v) is 16.1. The Morgan fingerprint density at radius 2 is 1.65 bits per heavy atom. The fourth-order valence-electron chi connectivity index (χ4n) is 2.89. The summed E-state index contributed by atoms with van der Waals surface area (Å²) >= 11 is 1.71. The average molecular weight is 368 g/mol. The monoisotopic (exact) mass is 367 g/mol. The maximum absolute atomic E-state index is 12.1. The van der Waals surface area contributed by atoms with Crippen LogP contribution in [0.25, 0.3) is 6.08 Å². The number of hydrogen-bond donors (Lipinski definition) is 1. The van der Waals surface area contributed by atoms with E-state index < -0.39 is 0 Å². The van der Waals surface area contributed by atoms with E-state index in [1.807, 2.05) is 36.6 Å². The quantitative estimate of drug-likeness (QED) is 0.644. The molecule has 0 unspecified atom stereocenters. The summed E-state index contributed by atoms with van der Waals surface area (Å²) < 4.78 is 0. The van der Waals surface area contributed by atoms with E-state index in [1.165, 1.54) is 10.6 Å². The minimum absolute atomic E-state index is 0.119. The van der Waals surface area contributed by atoms with Crippen LogP contribution in [0.15, 0.2) is 59.5 Å². The number of hydrogen-bond acceptors (Lipinski definition) is 4. The Hall–Kier alpha value is -2.24. The molecule has 1 aliphatic rings. The van der Waals surface area contributed by atoms with Crippen LogP contribution in [0.3, 0.4) is 0 Å². The van der Waals surface area contributed by atoms with Crippen molar-refractivity contribution in [1.82, 2.24) is 4.90 Å². The van der Waals surface area contributed by atoms with Gasteiger partial charge >= 0.3 is 0 Å². The highest BCUT2D eigenvalue weighted by atomic mass is 32.2. The Morgan fingerprint density at radius 1 is 1.00 bits per heavy atom. The third-order valence-corrected chi connectivity index (χ3v) is 5.29. The lowest BCUT2D eigenvalue weighted by molar-refractivity contribution is -0.111. The van der Waals surface area contributed by atoms with Crippen molar-refractivity contribution in [2.75, 3.05) is 49.7 Å². The van der Waals surface area contributed by atoms with E-state index in [9.17, 15) is 4.79 Å². The molecule has 1 aliphatic heterocycles. The predicted octanol–water partition coefficient (Wildman–Crippen LogP) is 3.81. The number of thioether (sulfide) groups is 1. The molecular formula is C21H25N3OS. The highest BCUT2D eigenvalue weighted by molar-refractivity contribution is 7.98. The number of carbonyl (C=O) groups is 1. The second-order valence-corrected chi connectivity index (χ2v) is 7.31. The van der Waals surface area contributed by atoms with Crippen LogP contribution in [-0.2, 0) is 4.79 Å². The second kappa shape index (κ2) is 8.92. The summed E-state index contributed by atoms with van der Waals surface area (Å²) in [7, 11) is 2.15. The lowest BCUT2D eigenvalue weighted by Crippen LogP contribution is -2.44. The maximum atomic E-state index is 12.1. The van der Waals surface area contributed by atoms with E-state index in [4.69, 9.17) is 0 Å². The van der Waals surface area contributed by atoms with E-state index in [-0.39, 0.29) is 5.91 Å². The molecule has 0 aromatic heterocycles. The van der Waals surface area contributed by atoms with Crippen molar-refractivity contribution in [3.8, 4) is 0 Å². The third-order valence-electron chi connectivity index (χ3n) is 4.55. The van der Waals surface area contributed by atoms with Gasteiger partial charge in [-0.3, -0.25) is 4.79 Å². The highest BCUT2D eigenvalue weighted by Gasteiger charge is 2.13. The summed E-state index contributed by atoms with van der Waals surface area (Å²) in [5.41, 5.74) is 3.04. The van der Waals surface area contributed by atoms with Crippen LogP contribution in [0.2, 0.25) is 0 Å². The van der Waals surface area contributed by atoms with Gasteiger partial charge in [0.25, 0.3) is 0 Å². The molecule has 1 heterocycles. The van der Waals surface area contributed by atoms with Crippen molar-refractivity contribution >= 4 is 35.1 Å². The van der Waals surface area contributed by atoms with Crippen LogP contribution in [0.5, 0.6) is 0 Å². The Morgan fingerprint density at radius 3 is 2.27 bits per heavy atom. The average Bonchev–Trinajstić information content (AvgIpc) is 2.68. The molecule has 1 fully saturated rings. The van der Waals surface area contributed by atoms with Gasteiger partial charge in [-0.05, 0) is 61.3 Å². The van der Waals surface area contributed by atoms with Crippen LogP contribution >= 0.6 is 11.8 Å². The lowest BCUT2D eigenvalue weighted by Gasteiger charge is -2.34. The minimum Gasteiger partial charge on any atom is -0.369 e. The standard InChI is InChI=1S/C21H25N3OS/c1-23-13-15-24(16-14-23)19-8-6-18(7-9-19)22-21(25)12-5-17-3-10-20(26-2)11-4-17/h3-12H,13-16H2,1-2H3,(H,22,25). The fraction of sp³-hybridized carbons (Fsp3) is 0.286. The molecule has 2 aromatic carbocycles. The zero-order chi connectivity index (χ0) is 18.4. The van der Waals surface area contributed by atoms with E-state index >= 15 is 0 Å². The number of likely N-dealkylation sites (N-methyl/N-ethyl adjacent to an activating group) is 1. The van der Waals surface area contributed by atoms with E-state index in [1.54, 1.807) is 17.8 Å². The first-order valence-electron chi connectivity index (χ1n) is 8.81. The minimum atomic E-state index is -0.119. The number of anilines is 2. The Bertz CT molecular complexity index is 748. The summed E-state index contributed by atoms with van der Waals surface area (Å²) in [6.45, 7) is 4.25. The molecule has 4 nitrogen and oxygen atoms in total. The molecule has 1 N–H and O–H groups in total. The highest BCUT2D eigenvalue weighted by Crippen LogP contribution is 2.19. The maximum Gasteiger partial charge on any atom is 0.248 e. The van der Waals surface area contributed by atoms with Gasteiger partial charge in [0, 0.05) is 48.5 Å². The van der Waals surface area contributed by atoms with Crippen LogP contribution < -0.4 is 10.2 Å². The smallest absolute Gasteiger partial charge is 0.248 e. The normalized spacial score (nSPS) is 15.4. The molecule has 0 aliphatic carbocycles. The first-order chi connectivity index (χ1) is 12.6. The molecular weight excluding hydrogens is 342 g/mol. The Labute approximate surface area is 159 Å². The summed E-state index contributed by atoms with van der Waals surface area (Å²) in [4.78, 5) is 18.0. The van der Waals surface area contributed by atoms with Gasteiger partial charge in [-0.15, -0.1) is 11.8 Å². The fourth-order valence-corrected chi connectivity index (χ4v) is 3.30. The van der Waals surface area contributed by atoms with Crippen LogP contribution in [0.4, 0.5) is 11.4 Å². The first-order valence-corrected chi connectivity index (χ1v) is 10.0. The number of nitrogens with one attached hydrogen (secondary N) is 1. The number of nitrogens with zero attached hydrogens (tertiary/aromatic N) is 2. The summed E-state index contributed by atoms with van der Waals surface area (Å²) in [6.07, 6.45) is 5.45. The molecule has 0 bridgehead atoms. The molecule has 26 heavy (non-hydrogen) atoms. The van der Waals surface area contributed by atoms with Crippen molar-refractivity contribution in [3.05, 3.63) is 60.2 Å².